The summed E-state index contributed by atoms with van der Waals surface area (Å²) in [5.74, 6) is 1.03. The van der Waals surface area contributed by atoms with Gasteiger partial charge in [-0.05, 0) is 50.8 Å². The van der Waals surface area contributed by atoms with Crippen LogP contribution in [0, 0.1) is 6.92 Å². The second kappa shape index (κ2) is 7.95. The molecular weight excluding hydrogens is 384 g/mol. The first-order chi connectivity index (χ1) is 12.9. The molecule has 1 saturated carbocycles. The van der Waals surface area contributed by atoms with E-state index in [4.69, 9.17) is 0 Å². The van der Waals surface area contributed by atoms with Gasteiger partial charge in [-0.25, -0.2) is 23.1 Å². The molecule has 0 spiro atoms. The summed E-state index contributed by atoms with van der Waals surface area (Å²) in [7, 11) is -2.10. The van der Waals surface area contributed by atoms with Gasteiger partial charge in [0, 0.05) is 12.5 Å². The van der Waals surface area contributed by atoms with Crippen LogP contribution in [0.4, 0.5) is 0 Å². The lowest BCUT2D eigenvalue weighted by atomic mass is 10.2. The molecule has 1 heterocycles. The van der Waals surface area contributed by atoms with Crippen molar-refractivity contribution < 1.29 is 13.2 Å². The maximum absolute atomic E-state index is 12.7. The highest BCUT2D eigenvalue weighted by atomic mass is 32.2. The predicted octanol–water partition coefficient (Wildman–Crippen LogP) is 2.22. The minimum Gasteiger partial charge on any atom is -0.348 e. The molecule has 27 heavy (non-hydrogen) atoms. The van der Waals surface area contributed by atoms with Gasteiger partial charge in [0.05, 0.1) is 16.2 Å². The molecule has 2 aromatic rings. The van der Waals surface area contributed by atoms with E-state index in [1.54, 1.807) is 12.1 Å². The standard InChI is InChI=1S/C18H22N4O3S2/c1-11-15(18(26-3)22-16(21-11)13-6-7-13)17(23)20-10-12-4-8-14(9-5-12)27(24,25)19-2/h4-5,8-9,13,19H,6-7,10H2,1-3H3,(H,20,23). The number of nitrogens with zero attached hydrogens (tertiary/aromatic N) is 2. The highest BCUT2D eigenvalue weighted by Gasteiger charge is 2.29. The van der Waals surface area contributed by atoms with Gasteiger partial charge >= 0.3 is 0 Å². The first-order valence-electron chi connectivity index (χ1n) is 8.59. The highest BCUT2D eigenvalue weighted by molar-refractivity contribution is 7.98. The quantitative estimate of drug-likeness (QED) is 0.540. The fourth-order valence-electron chi connectivity index (χ4n) is 2.68. The fourth-order valence-corrected chi connectivity index (χ4v) is 4.04. The molecule has 0 aliphatic heterocycles. The van der Waals surface area contributed by atoms with Gasteiger partial charge in [0.2, 0.25) is 10.0 Å². The zero-order chi connectivity index (χ0) is 19.6. The zero-order valence-corrected chi connectivity index (χ0v) is 17.1. The van der Waals surface area contributed by atoms with E-state index in [1.807, 2.05) is 13.2 Å². The van der Waals surface area contributed by atoms with Crippen molar-refractivity contribution in [3.63, 3.8) is 0 Å². The van der Waals surface area contributed by atoms with Crippen molar-refractivity contribution in [3.05, 3.63) is 46.9 Å². The molecule has 0 atom stereocenters. The van der Waals surface area contributed by atoms with Crippen LogP contribution in [0.2, 0.25) is 0 Å². The van der Waals surface area contributed by atoms with Crippen LogP contribution in [-0.4, -0.2) is 37.6 Å². The molecule has 1 aromatic carbocycles. The number of hydrogen-bond acceptors (Lipinski definition) is 6. The summed E-state index contributed by atoms with van der Waals surface area (Å²) in [5.41, 5.74) is 1.99. The molecule has 9 heteroatoms. The number of thioether (sulfide) groups is 1. The van der Waals surface area contributed by atoms with E-state index < -0.39 is 10.0 Å². The molecular formula is C18H22N4O3S2. The lowest BCUT2D eigenvalue weighted by Gasteiger charge is -2.12. The molecule has 0 saturated heterocycles. The average Bonchev–Trinajstić information content (AvgIpc) is 3.51. The summed E-state index contributed by atoms with van der Waals surface area (Å²) < 4.78 is 25.8. The maximum atomic E-state index is 12.7. The van der Waals surface area contributed by atoms with Crippen molar-refractivity contribution in [1.29, 1.82) is 0 Å². The minimum absolute atomic E-state index is 0.185. The second-order valence-corrected chi connectivity index (χ2v) is 9.04. The number of carbonyl (C=O) groups is 1. The van der Waals surface area contributed by atoms with Gasteiger partial charge in [-0.15, -0.1) is 11.8 Å². The van der Waals surface area contributed by atoms with E-state index in [1.165, 1.54) is 30.9 Å². The molecule has 144 valence electrons. The number of sulfonamides is 1. The number of nitrogens with one attached hydrogen (secondary N) is 2. The van der Waals surface area contributed by atoms with E-state index in [0.717, 1.165) is 24.2 Å². The Bertz CT molecular complexity index is 955. The summed E-state index contributed by atoms with van der Waals surface area (Å²) in [5, 5.41) is 3.56. The normalized spacial score (nSPS) is 14.2. The molecule has 1 aliphatic rings. The number of rotatable bonds is 7. The zero-order valence-electron chi connectivity index (χ0n) is 15.4. The maximum Gasteiger partial charge on any atom is 0.256 e. The average molecular weight is 407 g/mol. The summed E-state index contributed by atoms with van der Waals surface area (Å²) in [6.45, 7) is 2.12. The molecule has 1 amide bonds. The van der Waals surface area contributed by atoms with Gasteiger partial charge < -0.3 is 5.32 Å². The lowest BCUT2D eigenvalue weighted by molar-refractivity contribution is 0.0946. The first kappa shape index (κ1) is 19.8. The summed E-state index contributed by atoms with van der Waals surface area (Å²) in [6, 6.07) is 6.39. The van der Waals surface area contributed by atoms with Crippen LogP contribution in [0.5, 0.6) is 0 Å². The summed E-state index contributed by atoms with van der Waals surface area (Å²) in [6.07, 6.45) is 4.12. The largest absolute Gasteiger partial charge is 0.348 e. The Labute approximate surface area is 163 Å². The van der Waals surface area contributed by atoms with Crippen molar-refractivity contribution in [1.82, 2.24) is 20.0 Å². The van der Waals surface area contributed by atoms with Gasteiger partial charge in [-0.1, -0.05) is 12.1 Å². The van der Waals surface area contributed by atoms with Crippen LogP contribution in [0.3, 0.4) is 0 Å². The summed E-state index contributed by atoms with van der Waals surface area (Å²) >= 11 is 1.44. The van der Waals surface area contributed by atoms with E-state index in [-0.39, 0.29) is 17.3 Å². The van der Waals surface area contributed by atoms with Crippen LogP contribution >= 0.6 is 11.8 Å². The Hall–Kier alpha value is -1.97. The van der Waals surface area contributed by atoms with Crippen LogP contribution in [0.1, 0.15) is 46.2 Å². The van der Waals surface area contributed by atoms with Crippen molar-refractivity contribution in [2.45, 2.75) is 42.1 Å². The molecule has 7 nitrogen and oxygen atoms in total. The van der Waals surface area contributed by atoms with Crippen LogP contribution in [-0.2, 0) is 16.6 Å². The van der Waals surface area contributed by atoms with E-state index >= 15 is 0 Å². The Balaban J connectivity index is 1.72. The summed E-state index contributed by atoms with van der Waals surface area (Å²) in [4.78, 5) is 21.9. The third-order valence-electron chi connectivity index (χ3n) is 4.39. The molecule has 3 rings (SSSR count). The van der Waals surface area contributed by atoms with E-state index in [9.17, 15) is 13.2 Å². The fraction of sp³-hybridized carbons (Fsp3) is 0.389. The van der Waals surface area contributed by atoms with E-state index in [0.29, 0.717) is 22.2 Å². The minimum atomic E-state index is -3.47. The van der Waals surface area contributed by atoms with Crippen molar-refractivity contribution in [3.8, 4) is 0 Å². The topological polar surface area (TPSA) is 101 Å². The number of benzene rings is 1. The smallest absolute Gasteiger partial charge is 0.256 e. The predicted molar refractivity (Wildman–Crippen MR) is 104 cm³/mol. The Morgan fingerprint density at radius 3 is 2.44 bits per heavy atom. The highest BCUT2D eigenvalue weighted by Crippen LogP contribution is 2.39. The monoisotopic (exact) mass is 406 g/mol. The molecule has 0 bridgehead atoms. The first-order valence-corrected chi connectivity index (χ1v) is 11.3. The number of amides is 1. The Morgan fingerprint density at radius 2 is 1.89 bits per heavy atom. The van der Waals surface area contributed by atoms with E-state index in [2.05, 4.69) is 20.0 Å². The molecule has 0 unspecified atom stereocenters. The Morgan fingerprint density at radius 1 is 1.22 bits per heavy atom. The van der Waals surface area contributed by atoms with Gasteiger partial charge in [0.1, 0.15) is 10.9 Å². The molecule has 2 N–H and O–H groups in total. The van der Waals surface area contributed by atoms with Gasteiger partial charge in [0.25, 0.3) is 5.91 Å². The van der Waals surface area contributed by atoms with Gasteiger partial charge in [-0.2, -0.15) is 0 Å². The van der Waals surface area contributed by atoms with Gasteiger partial charge in [0.15, 0.2) is 0 Å². The van der Waals surface area contributed by atoms with Crippen LogP contribution in [0.25, 0.3) is 0 Å². The Kier molecular flexibility index (Phi) is 5.83. The molecule has 1 aliphatic carbocycles. The third-order valence-corrected chi connectivity index (χ3v) is 6.50. The third kappa shape index (κ3) is 4.48. The number of hydrogen-bond donors (Lipinski definition) is 2. The van der Waals surface area contributed by atoms with Gasteiger partial charge in [-0.3, -0.25) is 4.79 Å². The number of carbonyl (C=O) groups excluding carboxylic acids is 1. The van der Waals surface area contributed by atoms with Crippen LogP contribution in [0.15, 0.2) is 34.2 Å². The molecule has 0 radical (unpaired) electrons. The van der Waals surface area contributed by atoms with Crippen LogP contribution < -0.4 is 10.0 Å². The SMILES string of the molecule is CNS(=O)(=O)c1ccc(CNC(=O)c2c(C)nc(C3CC3)nc2SC)cc1. The van der Waals surface area contributed by atoms with Crippen molar-refractivity contribution >= 4 is 27.7 Å². The molecule has 1 fully saturated rings. The second-order valence-electron chi connectivity index (χ2n) is 6.36. The van der Waals surface area contributed by atoms with Crippen molar-refractivity contribution in [2.75, 3.05) is 13.3 Å². The lowest BCUT2D eigenvalue weighted by Crippen LogP contribution is -2.25. The number of aryl methyl sites for hydroxylation is 1. The number of aromatic nitrogens is 2. The van der Waals surface area contributed by atoms with Crippen molar-refractivity contribution in [2.24, 2.45) is 0 Å². The molecule has 1 aromatic heterocycles.